The molecule has 2 N–H and O–H groups in total. The molecule has 6 nitrogen and oxygen atoms in total. The Hall–Kier alpha value is -0.230. The van der Waals surface area contributed by atoms with Gasteiger partial charge in [-0.2, -0.15) is 0 Å². The molecule has 0 saturated carbocycles. The molecule has 0 unspecified atom stereocenters. The van der Waals surface area contributed by atoms with Gasteiger partial charge < -0.3 is 14.6 Å². The van der Waals surface area contributed by atoms with Crippen LogP contribution in [0.25, 0.3) is 0 Å². The molecule has 0 aromatic heterocycles. The average Bonchev–Trinajstić information content (AvgIpc) is 1.45. The maximum absolute atomic E-state index is 9.63. The molecule has 0 amide bonds. The van der Waals surface area contributed by atoms with Gasteiger partial charge in [0, 0.05) is 19.2 Å². The zero-order valence-corrected chi connectivity index (χ0v) is 10.6. The van der Waals surface area contributed by atoms with E-state index in [2.05, 4.69) is 0 Å². The highest BCUT2D eigenvalue weighted by Gasteiger charge is 1.95. The summed E-state index contributed by atoms with van der Waals surface area (Å²) in [7, 11) is -6.31. The van der Waals surface area contributed by atoms with Crippen LogP contribution in [-0.4, -0.2) is 43.2 Å². The van der Waals surface area contributed by atoms with Crippen LogP contribution in [0.1, 0.15) is 13.8 Å². The molecule has 0 aromatic rings. The number of rotatable bonds is 0. The van der Waals surface area contributed by atoms with Crippen molar-refractivity contribution < 1.29 is 27.6 Å². The van der Waals surface area contributed by atoms with Gasteiger partial charge >= 0.3 is 7.60 Å². The molecule has 0 aliphatic heterocycles. The lowest BCUT2D eigenvalue weighted by molar-refractivity contribution is -0.115. The summed E-state index contributed by atoms with van der Waals surface area (Å²) >= 11 is 0. The van der Waals surface area contributed by atoms with Crippen LogP contribution < -0.4 is 0 Å². The van der Waals surface area contributed by atoms with Crippen LogP contribution in [0, 0.1) is 0 Å². The third-order valence-electron chi connectivity index (χ3n) is 0. The fourth-order valence-electron chi connectivity index (χ4n) is 0. The van der Waals surface area contributed by atoms with Gasteiger partial charge in [0.2, 0.25) is 0 Å². The Kier molecular flexibility index (Phi) is 11.2. The van der Waals surface area contributed by atoms with Crippen molar-refractivity contribution in [2.75, 3.05) is 19.2 Å². The smallest absolute Gasteiger partial charge is 0.322 e. The first-order chi connectivity index (χ1) is 5.73. The van der Waals surface area contributed by atoms with Crippen LogP contribution in [-0.2, 0) is 19.2 Å². The van der Waals surface area contributed by atoms with Crippen molar-refractivity contribution in [3.8, 4) is 0 Å². The number of sulfone groups is 1. The summed E-state index contributed by atoms with van der Waals surface area (Å²) in [5.74, 6) is 0.167. The SMILES string of the molecule is CC(C)=O.CP(=O)(O)O.CS(C)(=O)=O. The minimum atomic E-state index is -3.64. The average molecular weight is 248 g/mol. The van der Waals surface area contributed by atoms with Crippen molar-refractivity contribution in [1.82, 2.24) is 0 Å². The molecule has 0 heterocycles. The van der Waals surface area contributed by atoms with Crippen molar-refractivity contribution in [2.24, 2.45) is 0 Å². The normalized spacial score (nSPS) is 10.2. The van der Waals surface area contributed by atoms with E-state index < -0.39 is 17.4 Å². The van der Waals surface area contributed by atoms with E-state index in [9.17, 15) is 17.8 Å². The molecule has 0 spiro atoms. The van der Waals surface area contributed by atoms with Gasteiger partial charge in [-0.1, -0.05) is 0 Å². The minimum absolute atomic E-state index is 0.167. The summed E-state index contributed by atoms with van der Waals surface area (Å²) in [6.45, 7) is 3.91. The van der Waals surface area contributed by atoms with E-state index >= 15 is 0 Å². The first-order valence-electron chi connectivity index (χ1n) is 3.38. The highest BCUT2D eigenvalue weighted by atomic mass is 32.2. The predicted molar refractivity (Wildman–Crippen MR) is 55.1 cm³/mol. The Morgan fingerprint density at radius 2 is 1.14 bits per heavy atom. The fourth-order valence-corrected chi connectivity index (χ4v) is 0. The Morgan fingerprint density at radius 1 is 1.14 bits per heavy atom. The quantitative estimate of drug-likeness (QED) is 0.586. The molecule has 0 fully saturated rings. The standard InChI is InChI=1S/C3H6O.C2H6O2S.CH5O3P/c1-3(2)4;2*1-5(2,3)4/h1-2H3;1-2H3;1H3,(H2,2,3,4). The first kappa shape index (κ1) is 19.4. The minimum Gasteiger partial charge on any atom is -0.325 e. The van der Waals surface area contributed by atoms with Gasteiger partial charge in [0.1, 0.15) is 15.6 Å². The number of carbonyl (C=O) groups is 1. The van der Waals surface area contributed by atoms with Gasteiger partial charge in [0.15, 0.2) is 0 Å². The van der Waals surface area contributed by atoms with E-state index in [0.29, 0.717) is 0 Å². The zero-order valence-electron chi connectivity index (χ0n) is 8.88. The number of hydrogen-bond donors (Lipinski definition) is 2. The van der Waals surface area contributed by atoms with E-state index in [1.54, 1.807) is 0 Å². The third kappa shape index (κ3) is 25800. The van der Waals surface area contributed by atoms with Crippen molar-refractivity contribution in [3.63, 3.8) is 0 Å². The predicted octanol–water partition coefficient (Wildman–Crippen LogP) is 0.0500. The molecular weight excluding hydrogens is 231 g/mol. The Bertz CT molecular complexity index is 267. The molecule has 0 aliphatic rings. The van der Waals surface area contributed by atoms with Crippen molar-refractivity contribution in [3.05, 3.63) is 0 Å². The highest BCUT2D eigenvalue weighted by molar-refractivity contribution is 7.89. The van der Waals surface area contributed by atoms with Crippen LogP contribution in [0.5, 0.6) is 0 Å². The topological polar surface area (TPSA) is 109 Å². The summed E-state index contributed by atoms with van der Waals surface area (Å²) in [5.41, 5.74) is 0. The van der Waals surface area contributed by atoms with Gasteiger partial charge in [0.05, 0.1) is 0 Å². The van der Waals surface area contributed by atoms with Gasteiger partial charge in [-0.05, 0) is 13.8 Å². The maximum atomic E-state index is 9.63. The fraction of sp³-hybridized carbons (Fsp3) is 0.833. The lowest BCUT2D eigenvalue weighted by Crippen LogP contribution is -1.86. The Labute approximate surface area is 84.4 Å². The van der Waals surface area contributed by atoms with E-state index in [1.165, 1.54) is 13.8 Å². The molecule has 0 aliphatic carbocycles. The number of carbonyl (C=O) groups excluding carboxylic acids is 1. The monoisotopic (exact) mass is 248 g/mol. The van der Waals surface area contributed by atoms with Crippen LogP contribution in [0.2, 0.25) is 0 Å². The number of hydrogen-bond acceptors (Lipinski definition) is 4. The van der Waals surface area contributed by atoms with E-state index in [1.807, 2.05) is 0 Å². The second-order valence-electron chi connectivity index (χ2n) is 2.89. The summed E-state index contributed by atoms with van der Waals surface area (Å²) in [5, 5.41) is 0. The van der Waals surface area contributed by atoms with Crippen LogP contribution >= 0.6 is 7.60 Å². The second kappa shape index (κ2) is 8.11. The molecule has 0 rings (SSSR count). The number of ketones is 1. The van der Waals surface area contributed by atoms with Crippen molar-refractivity contribution >= 4 is 23.2 Å². The summed E-state index contributed by atoms with van der Waals surface area (Å²) in [6, 6.07) is 0. The van der Waals surface area contributed by atoms with Gasteiger partial charge in [-0.3, -0.25) is 4.57 Å². The molecule has 0 saturated heterocycles. The van der Waals surface area contributed by atoms with Gasteiger partial charge in [0.25, 0.3) is 0 Å². The number of Topliss-reactive ketones (excluding diaryl/α,β-unsaturated/α-hetero) is 1. The first-order valence-corrected chi connectivity index (χ1v) is 7.74. The van der Waals surface area contributed by atoms with E-state index in [-0.39, 0.29) is 5.78 Å². The zero-order chi connectivity index (χ0) is 12.6. The summed E-state index contributed by atoms with van der Waals surface area (Å²) in [6.07, 6.45) is 2.32. The summed E-state index contributed by atoms with van der Waals surface area (Å²) < 4.78 is 28.6. The molecule has 0 atom stereocenters. The molecule has 0 bridgehead atoms. The van der Waals surface area contributed by atoms with Crippen LogP contribution in [0.4, 0.5) is 0 Å². The maximum Gasteiger partial charge on any atom is 0.322 e. The lowest BCUT2D eigenvalue weighted by atomic mass is 10.6. The molecular formula is C6H17O6PS. The van der Waals surface area contributed by atoms with Crippen LogP contribution in [0.15, 0.2) is 0 Å². The summed E-state index contributed by atoms with van der Waals surface area (Å²) in [4.78, 5) is 24.7. The Morgan fingerprint density at radius 3 is 1.14 bits per heavy atom. The van der Waals surface area contributed by atoms with Crippen LogP contribution in [0.3, 0.4) is 0 Å². The molecule has 0 aromatic carbocycles. The lowest BCUT2D eigenvalue weighted by Gasteiger charge is -1.84. The highest BCUT2D eigenvalue weighted by Crippen LogP contribution is 2.26. The largest absolute Gasteiger partial charge is 0.325 e. The Balaban J connectivity index is -0.000000131. The van der Waals surface area contributed by atoms with Gasteiger partial charge in [-0.25, -0.2) is 8.42 Å². The van der Waals surface area contributed by atoms with Gasteiger partial charge in [-0.15, -0.1) is 0 Å². The van der Waals surface area contributed by atoms with E-state index in [4.69, 9.17) is 9.79 Å². The second-order valence-corrected chi connectivity index (χ2v) is 6.84. The van der Waals surface area contributed by atoms with Crippen molar-refractivity contribution in [1.29, 1.82) is 0 Å². The van der Waals surface area contributed by atoms with E-state index in [0.717, 1.165) is 19.2 Å². The molecule has 8 heteroatoms. The van der Waals surface area contributed by atoms with Crippen molar-refractivity contribution in [2.45, 2.75) is 13.8 Å². The third-order valence-corrected chi connectivity index (χ3v) is 0. The molecule has 0 radical (unpaired) electrons. The molecule has 88 valence electrons. The molecule has 14 heavy (non-hydrogen) atoms.